The Balaban J connectivity index is 2.22. The first-order valence-electron chi connectivity index (χ1n) is 5.76. The van der Waals surface area contributed by atoms with Crippen LogP contribution < -0.4 is 5.32 Å². The predicted octanol–water partition coefficient (Wildman–Crippen LogP) is 2.18. The molecule has 0 spiro atoms. The molecule has 3 rings (SSSR count). The van der Waals surface area contributed by atoms with E-state index in [0.29, 0.717) is 17.3 Å². The van der Waals surface area contributed by atoms with Gasteiger partial charge in [-0.2, -0.15) is 5.26 Å². The van der Waals surface area contributed by atoms with Crippen molar-refractivity contribution in [2.24, 2.45) is 0 Å². The van der Waals surface area contributed by atoms with Gasteiger partial charge < -0.3 is 9.88 Å². The zero-order chi connectivity index (χ0) is 12.5. The lowest BCUT2D eigenvalue weighted by Crippen LogP contribution is -2.28. The molecule has 4 nitrogen and oxygen atoms in total. The van der Waals surface area contributed by atoms with Gasteiger partial charge in [-0.1, -0.05) is 23.7 Å². The molecule has 1 aromatic carbocycles. The lowest BCUT2D eigenvalue weighted by Gasteiger charge is -2.18. The van der Waals surface area contributed by atoms with Crippen LogP contribution in [0.15, 0.2) is 24.3 Å². The Hall–Kier alpha value is -1.83. The highest BCUT2D eigenvalue weighted by Gasteiger charge is 2.21. The minimum absolute atomic E-state index is 0.483. The van der Waals surface area contributed by atoms with E-state index in [1.807, 2.05) is 24.3 Å². The smallest absolute Gasteiger partial charge is 0.163 e. The zero-order valence-corrected chi connectivity index (χ0v) is 10.4. The van der Waals surface area contributed by atoms with Gasteiger partial charge in [0.2, 0.25) is 0 Å². The number of fused-ring (bicyclic) bond motifs is 1. The van der Waals surface area contributed by atoms with Crippen molar-refractivity contribution in [2.45, 2.75) is 13.1 Å². The highest BCUT2D eigenvalue weighted by molar-refractivity contribution is 6.33. The van der Waals surface area contributed by atoms with Gasteiger partial charge in [0.05, 0.1) is 10.7 Å². The zero-order valence-electron chi connectivity index (χ0n) is 9.65. The van der Waals surface area contributed by atoms with Gasteiger partial charge in [0.25, 0.3) is 0 Å². The van der Waals surface area contributed by atoms with Crippen LogP contribution in [0.5, 0.6) is 0 Å². The average molecular weight is 259 g/mol. The molecule has 0 amide bonds. The van der Waals surface area contributed by atoms with Gasteiger partial charge >= 0.3 is 0 Å². The molecule has 0 radical (unpaired) electrons. The molecule has 0 fully saturated rings. The third kappa shape index (κ3) is 1.69. The van der Waals surface area contributed by atoms with Crippen LogP contribution in [0.3, 0.4) is 0 Å². The molecule has 5 heteroatoms. The minimum atomic E-state index is 0.483. The fourth-order valence-corrected chi connectivity index (χ4v) is 2.46. The summed E-state index contributed by atoms with van der Waals surface area (Å²) in [7, 11) is 0. The van der Waals surface area contributed by atoms with Crippen molar-refractivity contribution in [2.75, 3.05) is 6.54 Å². The lowest BCUT2D eigenvalue weighted by molar-refractivity contribution is 0.519. The summed E-state index contributed by atoms with van der Waals surface area (Å²) in [5, 5.41) is 13.0. The maximum absolute atomic E-state index is 9.14. The summed E-state index contributed by atoms with van der Waals surface area (Å²) in [5.74, 6) is 0.786. The van der Waals surface area contributed by atoms with Gasteiger partial charge in [0.1, 0.15) is 11.9 Å². The van der Waals surface area contributed by atoms with Crippen LogP contribution >= 0.6 is 11.6 Å². The maximum atomic E-state index is 9.14. The summed E-state index contributed by atoms with van der Waals surface area (Å²) in [4.78, 5) is 4.42. The van der Waals surface area contributed by atoms with Crippen LogP contribution in [-0.4, -0.2) is 16.1 Å². The molecule has 2 aromatic rings. The number of nitrogens with zero attached hydrogens (tertiary/aromatic N) is 3. The molecular weight excluding hydrogens is 248 g/mol. The number of nitrogens with one attached hydrogen (secondary N) is 1. The lowest BCUT2D eigenvalue weighted by atomic mass is 10.2. The second-order valence-electron chi connectivity index (χ2n) is 4.15. The number of benzene rings is 1. The summed E-state index contributed by atoms with van der Waals surface area (Å²) < 4.78 is 2.08. The molecule has 1 aliphatic rings. The van der Waals surface area contributed by atoms with E-state index < -0.39 is 0 Å². The monoisotopic (exact) mass is 258 g/mol. The van der Waals surface area contributed by atoms with Crippen LogP contribution in [0.1, 0.15) is 11.4 Å². The van der Waals surface area contributed by atoms with E-state index in [1.165, 1.54) is 0 Å². The minimum Gasteiger partial charge on any atom is -0.324 e. The van der Waals surface area contributed by atoms with Crippen molar-refractivity contribution in [3.8, 4) is 17.5 Å². The van der Waals surface area contributed by atoms with Crippen molar-refractivity contribution >= 4 is 11.6 Å². The number of imidazole rings is 1. The van der Waals surface area contributed by atoms with Crippen molar-refractivity contribution in [1.82, 2.24) is 14.9 Å². The quantitative estimate of drug-likeness (QED) is 0.853. The molecule has 1 aliphatic heterocycles. The van der Waals surface area contributed by atoms with E-state index in [-0.39, 0.29) is 0 Å². The highest BCUT2D eigenvalue weighted by atomic mass is 35.5. The molecule has 0 atom stereocenters. The molecule has 0 bridgehead atoms. The molecule has 0 saturated heterocycles. The maximum Gasteiger partial charge on any atom is 0.163 e. The number of halogens is 1. The van der Waals surface area contributed by atoms with Gasteiger partial charge in [-0.3, -0.25) is 0 Å². The molecule has 18 heavy (non-hydrogen) atoms. The van der Waals surface area contributed by atoms with Crippen LogP contribution in [0.25, 0.3) is 11.4 Å². The van der Waals surface area contributed by atoms with Crippen molar-refractivity contribution < 1.29 is 0 Å². The first-order chi connectivity index (χ1) is 8.81. The summed E-state index contributed by atoms with van der Waals surface area (Å²) in [5.41, 5.74) is 2.31. The normalized spacial score (nSPS) is 14.0. The number of hydrogen-bond acceptors (Lipinski definition) is 3. The standard InChI is InChI=1S/C13H11ClN4/c14-10-4-2-1-3-9(10)13-17-11(7-15)12-8-16-5-6-18(12)13/h1-4,16H,5-6,8H2. The molecule has 0 unspecified atom stereocenters. The van der Waals surface area contributed by atoms with E-state index in [9.17, 15) is 0 Å². The summed E-state index contributed by atoms with van der Waals surface area (Å²) in [6.45, 7) is 2.37. The van der Waals surface area contributed by atoms with Crippen molar-refractivity contribution in [3.05, 3.63) is 40.7 Å². The average Bonchev–Trinajstić information content (AvgIpc) is 2.78. The van der Waals surface area contributed by atoms with E-state index in [4.69, 9.17) is 16.9 Å². The Labute approximate surface area is 110 Å². The molecular formula is C13H11ClN4. The first-order valence-corrected chi connectivity index (χ1v) is 6.14. The van der Waals surface area contributed by atoms with Gasteiger partial charge in [-0.05, 0) is 12.1 Å². The molecule has 0 saturated carbocycles. The van der Waals surface area contributed by atoms with Crippen LogP contribution in [0.4, 0.5) is 0 Å². The Kier molecular flexibility index (Phi) is 2.78. The Morgan fingerprint density at radius 3 is 3.00 bits per heavy atom. The SMILES string of the molecule is N#Cc1nc(-c2ccccc2Cl)n2c1CNCC2. The Morgan fingerprint density at radius 1 is 1.39 bits per heavy atom. The summed E-state index contributed by atoms with van der Waals surface area (Å²) in [6, 6.07) is 9.73. The van der Waals surface area contributed by atoms with Crippen LogP contribution in [0, 0.1) is 11.3 Å². The van der Waals surface area contributed by atoms with E-state index in [1.54, 1.807) is 0 Å². The molecule has 90 valence electrons. The van der Waals surface area contributed by atoms with Gasteiger partial charge in [0, 0.05) is 25.2 Å². The topological polar surface area (TPSA) is 53.6 Å². The second kappa shape index (κ2) is 4.45. The fourth-order valence-electron chi connectivity index (χ4n) is 2.24. The number of hydrogen-bond donors (Lipinski definition) is 1. The van der Waals surface area contributed by atoms with Crippen LogP contribution in [0.2, 0.25) is 5.02 Å². The summed E-state index contributed by atoms with van der Waals surface area (Å²) >= 11 is 6.20. The van der Waals surface area contributed by atoms with E-state index >= 15 is 0 Å². The largest absolute Gasteiger partial charge is 0.324 e. The highest BCUT2D eigenvalue weighted by Crippen LogP contribution is 2.29. The predicted molar refractivity (Wildman–Crippen MR) is 69.1 cm³/mol. The van der Waals surface area contributed by atoms with Gasteiger partial charge in [-0.25, -0.2) is 4.98 Å². The Bertz CT molecular complexity index is 639. The molecule has 2 heterocycles. The number of aromatic nitrogens is 2. The van der Waals surface area contributed by atoms with Crippen LogP contribution in [-0.2, 0) is 13.1 Å². The molecule has 1 aromatic heterocycles. The van der Waals surface area contributed by atoms with Crippen molar-refractivity contribution in [1.29, 1.82) is 5.26 Å². The third-order valence-electron chi connectivity index (χ3n) is 3.10. The summed E-state index contributed by atoms with van der Waals surface area (Å²) in [6.07, 6.45) is 0. The van der Waals surface area contributed by atoms with E-state index in [0.717, 1.165) is 30.2 Å². The fraction of sp³-hybridized carbons (Fsp3) is 0.231. The van der Waals surface area contributed by atoms with Gasteiger partial charge in [0.15, 0.2) is 5.69 Å². The number of nitriles is 1. The van der Waals surface area contributed by atoms with E-state index in [2.05, 4.69) is 20.9 Å². The number of rotatable bonds is 1. The molecule has 0 aliphatic carbocycles. The third-order valence-corrected chi connectivity index (χ3v) is 3.43. The van der Waals surface area contributed by atoms with Gasteiger partial charge in [-0.15, -0.1) is 0 Å². The first kappa shape index (κ1) is 11.3. The molecule has 1 N–H and O–H groups in total. The van der Waals surface area contributed by atoms with Crippen molar-refractivity contribution in [3.63, 3.8) is 0 Å². The Morgan fingerprint density at radius 2 is 2.22 bits per heavy atom. The second-order valence-corrected chi connectivity index (χ2v) is 4.56.